The van der Waals surface area contributed by atoms with Crippen molar-refractivity contribution >= 4 is 46.6 Å². The molecule has 4 aliphatic rings. The van der Waals surface area contributed by atoms with Crippen molar-refractivity contribution in [2.45, 2.75) is 29.5 Å². The van der Waals surface area contributed by atoms with Gasteiger partial charge >= 0.3 is 10.8 Å². The molecule has 2 aliphatic heterocycles. The summed E-state index contributed by atoms with van der Waals surface area (Å²) in [6.07, 6.45) is 0.804. The highest BCUT2D eigenvalue weighted by atomic mass is 32.2. The fourth-order valence-electron chi connectivity index (χ4n) is 7.29. The van der Waals surface area contributed by atoms with Crippen molar-refractivity contribution in [3.63, 3.8) is 0 Å². The van der Waals surface area contributed by atoms with Gasteiger partial charge in [-0.15, -0.1) is 11.8 Å². The van der Waals surface area contributed by atoms with Crippen molar-refractivity contribution in [2.75, 3.05) is 11.5 Å². The van der Waals surface area contributed by atoms with Crippen LogP contribution >= 0.6 is 23.1 Å². The Morgan fingerprint density at radius 3 is 2.39 bits per heavy atom. The van der Waals surface area contributed by atoms with E-state index < -0.39 is 17.8 Å². The SMILES string of the molecule is CCOC(=O)c1ccc(N2C(=O)[C@H]3[C@H]4C[C@@H]([C@@H]3C2=O)[C@H]2[C@H](c3ccc(O)cc3)c3sc(=O)[nH]c3S[C@H]42)cc1. The van der Waals surface area contributed by atoms with E-state index in [9.17, 15) is 24.3 Å². The average Bonchev–Trinajstić information content (AvgIpc) is 3.64. The third-order valence-electron chi connectivity index (χ3n) is 8.61. The van der Waals surface area contributed by atoms with Gasteiger partial charge in [0.1, 0.15) is 5.75 Å². The number of phenolic OH excluding ortho intramolecular Hbond substituents is 1. The minimum absolute atomic E-state index is 0.00640. The number of carbonyl (C=O) groups excluding carboxylic acids is 3. The molecule has 1 aromatic heterocycles. The maximum atomic E-state index is 13.8. The second kappa shape index (κ2) is 8.57. The molecular formula is C28H24N2O6S2. The van der Waals surface area contributed by atoms with Gasteiger partial charge in [-0.2, -0.15) is 0 Å². The topological polar surface area (TPSA) is 117 Å². The first-order chi connectivity index (χ1) is 18.4. The van der Waals surface area contributed by atoms with Crippen LogP contribution in [-0.4, -0.2) is 39.7 Å². The molecule has 2 amide bonds. The van der Waals surface area contributed by atoms with Crippen molar-refractivity contribution in [3.8, 4) is 5.75 Å². The Morgan fingerprint density at radius 2 is 1.71 bits per heavy atom. The van der Waals surface area contributed by atoms with Crippen molar-refractivity contribution in [3.05, 3.63) is 74.2 Å². The van der Waals surface area contributed by atoms with E-state index in [-0.39, 0.29) is 58.0 Å². The molecule has 2 saturated carbocycles. The van der Waals surface area contributed by atoms with Crippen LogP contribution in [0.15, 0.2) is 58.4 Å². The number of fused-ring (bicyclic) bond motifs is 9. The summed E-state index contributed by atoms with van der Waals surface area (Å²) in [5.41, 5.74) is 1.84. The number of amides is 2. The summed E-state index contributed by atoms with van der Waals surface area (Å²) < 4.78 is 5.04. The van der Waals surface area contributed by atoms with E-state index in [1.165, 1.54) is 16.2 Å². The van der Waals surface area contributed by atoms with Crippen LogP contribution in [0.2, 0.25) is 0 Å². The fraction of sp³-hybridized carbons (Fsp3) is 0.357. The lowest BCUT2D eigenvalue weighted by molar-refractivity contribution is -0.123. The largest absolute Gasteiger partial charge is 0.508 e. The molecule has 3 heterocycles. The lowest BCUT2D eigenvalue weighted by atomic mass is 9.68. The smallest absolute Gasteiger partial charge is 0.338 e. The maximum Gasteiger partial charge on any atom is 0.338 e. The number of phenols is 1. The highest BCUT2D eigenvalue weighted by Gasteiger charge is 2.69. The molecule has 0 unspecified atom stereocenters. The highest BCUT2D eigenvalue weighted by molar-refractivity contribution is 8.00. The van der Waals surface area contributed by atoms with E-state index in [0.29, 0.717) is 11.3 Å². The number of H-pyrrole nitrogens is 1. The molecule has 3 aromatic rings. The van der Waals surface area contributed by atoms with Gasteiger partial charge in [-0.1, -0.05) is 23.5 Å². The monoisotopic (exact) mass is 548 g/mol. The van der Waals surface area contributed by atoms with Crippen LogP contribution in [0.25, 0.3) is 0 Å². The number of thioether (sulfide) groups is 1. The lowest BCUT2D eigenvalue weighted by Gasteiger charge is -2.43. The Morgan fingerprint density at radius 1 is 1.03 bits per heavy atom. The average molecular weight is 549 g/mol. The summed E-state index contributed by atoms with van der Waals surface area (Å²) in [5, 5.41) is 10.8. The number of imide groups is 1. The van der Waals surface area contributed by atoms with Crippen LogP contribution < -0.4 is 9.77 Å². The third-order valence-corrected chi connectivity index (χ3v) is 11.2. The van der Waals surface area contributed by atoms with Gasteiger partial charge in [0.05, 0.1) is 34.7 Å². The molecule has 0 radical (unpaired) electrons. The van der Waals surface area contributed by atoms with Crippen molar-refractivity contribution in [1.82, 2.24) is 4.98 Å². The van der Waals surface area contributed by atoms with E-state index >= 15 is 0 Å². The quantitative estimate of drug-likeness (QED) is 0.374. The molecule has 7 rings (SSSR count). The molecule has 0 spiro atoms. The van der Waals surface area contributed by atoms with E-state index in [1.807, 2.05) is 12.1 Å². The van der Waals surface area contributed by atoms with Gasteiger partial charge in [0.25, 0.3) is 0 Å². The predicted molar refractivity (Wildman–Crippen MR) is 141 cm³/mol. The number of aromatic nitrogens is 1. The van der Waals surface area contributed by atoms with Crippen molar-refractivity contribution in [1.29, 1.82) is 0 Å². The number of carbonyl (C=O) groups is 3. The number of aromatic hydroxyl groups is 1. The Labute approximate surface area is 226 Å². The molecule has 2 aliphatic carbocycles. The number of rotatable bonds is 4. The fourth-order valence-corrected chi connectivity index (χ4v) is 10.2. The normalized spacial score (nSPS) is 30.8. The zero-order valence-electron chi connectivity index (χ0n) is 20.3. The minimum atomic E-state index is -0.445. The molecule has 2 N–H and O–H groups in total. The second-order valence-electron chi connectivity index (χ2n) is 10.3. The molecular weight excluding hydrogens is 524 g/mol. The molecule has 194 valence electrons. The Balaban J connectivity index is 1.25. The zero-order chi connectivity index (χ0) is 26.3. The van der Waals surface area contributed by atoms with Crippen LogP contribution in [0.1, 0.15) is 40.1 Å². The van der Waals surface area contributed by atoms with Crippen LogP contribution in [0.5, 0.6) is 5.75 Å². The van der Waals surface area contributed by atoms with E-state index in [2.05, 4.69) is 4.98 Å². The molecule has 7 atom stereocenters. The van der Waals surface area contributed by atoms with Crippen LogP contribution in [0.4, 0.5) is 5.69 Å². The van der Waals surface area contributed by atoms with Gasteiger partial charge in [-0.05, 0) is 73.1 Å². The summed E-state index contributed by atoms with van der Waals surface area (Å²) in [7, 11) is 0. The summed E-state index contributed by atoms with van der Waals surface area (Å²) in [4.78, 5) is 57.2. The van der Waals surface area contributed by atoms with E-state index in [0.717, 1.165) is 21.9 Å². The van der Waals surface area contributed by atoms with Gasteiger partial charge in [0.2, 0.25) is 11.8 Å². The molecule has 38 heavy (non-hydrogen) atoms. The number of nitrogens with one attached hydrogen (secondary N) is 1. The lowest BCUT2D eigenvalue weighted by Crippen LogP contribution is -2.42. The number of benzene rings is 2. The first-order valence-corrected chi connectivity index (χ1v) is 14.4. The van der Waals surface area contributed by atoms with Gasteiger partial charge in [0, 0.05) is 16.0 Å². The maximum absolute atomic E-state index is 13.8. The number of anilines is 1. The summed E-state index contributed by atoms with van der Waals surface area (Å²) in [6, 6.07) is 13.5. The van der Waals surface area contributed by atoms with Crippen LogP contribution in [-0.2, 0) is 14.3 Å². The number of thiazole rings is 1. The Kier molecular flexibility index (Phi) is 5.35. The molecule has 10 heteroatoms. The standard InChI is InChI=1S/C28H24N2O6S2/c1-2-36-27(34)13-3-7-14(8-4-13)30-25(32)20-16-11-17(21(20)26(30)33)22-19(16)18(12-5-9-15(31)10-6-12)23-24(37-22)29-28(35)38-23/h3-10,16-22,31H,2,11H2,1H3,(H,29,35)/t16-,17-,18+,19+,20+,21+,22-/m1/s1. The van der Waals surface area contributed by atoms with Gasteiger partial charge in [0.15, 0.2) is 0 Å². The molecule has 3 fully saturated rings. The van der Waals surface area contributed by atoms with Crippen molar-refractivity contribution in [2.24, 2.45) is 29.6 Å². The third kappa shape index (κ3) is 3.29. The number of hydrogen-bond donors (Lipinski definition) is 2. The summed E-state index contributed by atoms with van der Waals surface area (Å²) in [6.45, 7) is 2.00. The van der Waals surface area contributed by atoms with Crippen LogP contribution in [0, 0.1) is 29.6 Å². The van der Waals surface area contributed by atoms with Crippen LogP contribution in [0.3, 0.4) is 0 Å². The molecule has 2 bridgehead atoms. The summed E-state index contributed by atoms with van der Waals surface area (Å²) in [5.74, 6) is -1.39. The zero-order valence-corrected chi connectivity index (χ0v) is 22.0. The summed E-state index contributed by atoms with van der Waals surface area (Å²) >= 11 is 2.85. The number of aromatic amines is 1. The van der Waals surface area contributed by atoms with E-state index in [4.69, 9.17) is 4.74 Å². The first-order valence-electron chi connectivity index (χ1n) is 12.7. The number of esters is 1. The first kappa shape index (κ1) is 23.7. The Hall–Kier alpha value is -3.37. The molecule has 2 aromatic carbocycles. The van der Waals surface area contributed by atoms with Gasteiger partial charge in [-0.3, -0.25) is 19.3 Å². The second-order valence-corrected chi connectivity index (χ2v) is 12.5. The van der Waals surface area contributed by atoms with Crippen molar-refractivity contribution < 1.29 is 24.2 Å². The number of hydrogen-bond acceptors (Lipinski definition) is 8. The van der Waals surface area contributed by atoms with E-state index in [1.54, 1.807) is 55.1 Å². The van der Waals surface area contributed by atoms with Gasteiger partial charge < -0.3 is 14.8 Å². The Bertz CT molecular complexity index is 1530. The predicted octanol–water partition coefficient (Wildman–Crippen LogP) is 4.00. The number of ether oxygens (including phenoxy) is 1. The molecule has 1 saturated heterocycles. The number of nitrogens with zero attached hydrogens (tertiary/aromatic N) is 1. The highest BCUT2D eigenvalue weighted by Crippen LogP contribution is 2.68. The van der Waals surface area contributed by atoms with Gasteiger partial charge in [-0.25, -0.2) is 4.79 Å². The minimum Gasteiger partial charge on any atom is -0.508 e. The molecule has 8 nitrogen and oxygen atoms in total.